The molecule has 4 rings (SSSR count). The van der Waals surface area contributed by atoms with Crippen molar-refractivity contribution in [2.75, 3.05) is 0 Å². The molecule has 0 bridgehead atoms. The van der Waals surface area contributed by atoms with Crippen LogP contribution < -0.4 is 5.32 Å². The Kier molecular flexibility index (Phi) is 9.79. The fourth-order valence-electron chi connectivity index (χ4n) is 4.91. The van der Waals surface area contributed by atoms with Crippen molar-refractivity contribution in [3.05, 3.63) is 143 Å². The van der Waals surface area contributed by atoms with E-state index in [0.717, 1.165) is 22.3 Å². The molecular formula is C35H37ClN2O2. The van der Waals surface area contributed by atoms with Gasteiger partial charge in [-0.15, -0.1) is 0 Å². The van der Waals surface area contributed by atoms with Gasteiger partial charge >= 0.3 is 0 Å². The zero-order valence-corrected chi connectivity index (χ0v) is 24.1. The van der Waals surface area contributed by atoms with Gasteiger partial charge in [-0.2, -0.15) is 0 Å². The number of amides is 2. The minimum absolute atomic E-state index is 0.109. The quantitative estimate of drug-likeness (QED) is 0.222. The van der Waals surface area contributed by atoms with Crippen molar-refractivity contribution in [1.82, 2.24) is 10.2 Å². The lowest BCUT2D eigenvalue weighted by atomic mass is 9.87. The fourth-order valence-corrected chi connectivity index (χ4v) is 5.10. The number of nitrogens with zero attached hydrogens (tertiary/aromatic N) is 1. The lowest BCUT2D eigenvalue weighted by Gasteiger charge is -2.35. The molecule has 1 atom stereocenters. The summed E-state index contributed by atoms with van der Waals surface area (Å²) in [6.07, 6.45) is 0.604. The molecular weight excluding hydrogens is 516 g/mol. The molecule has 0 aliphatic carbocycles. The van der Waals surface area contributed by atoms with Crippen LogP contribution in [0.25, 0.3) is 0 Å². The molecule has 0 aromatic heterocycles. The van der Waals surface area contributed by atoms with E-state index in [4.69, 9.17) is 11.6 Å². The molecule has 1 unspecified atom stereocenters. The summed E-state index contributed by atoms with van der Waals surface area (Å²) in [4.78, 5) is 30.0. The molecule has 40 heavy (non-hydrogen) atoms. The molecule has 0 saturated heterocycles. The van der Waals surface area contributed by atoms with E-state index in [2.05, 4.69) is 29.6 Å². The van der Waals surface area contributed by atoms with E-state index in [1.807, 2.05) is 112 Å². The number of nitrogens with one attached hydrogen (secondary N) is 1. The van der Waals surface area contributed by atoms with Crippen LogP contribution in [0, 0.1) is 0 Å². The summed E-state index contributed by atoms with van der Waals surface area (Å²) in [6, 6.07) is 36.8. The third-order valence-corrected chi connectivity index (χ3v) is 7.22. The van der Waals surface area contributed by atoms with Crippen LogP contribution in [-0.2, 0) is 22.6 Å². The van der Waals surface area contributed by atoms with Gasteiger partial charge in [-0.25, -0.2) is 0 Å². The lowest BCUT2D eigenvalue weighted by Crippen LogP contribution is -2.54. The highest BCUT2D eigenvalue weighted by molar-refractivity contribution is 6.31. The lowest BCUT2D eigenvalue weighted by molar-refractivity contribution is -0.142. The first-order valence-electron chi connectivity index (χ1n) is 13.7. The zero-order valence-electron chi connectivity index (χ0n) is 23.4. The number of hydrogen-bond acceptors (Lipinski definition) is 2. The predicted octanol–water partition coefficient (Wildman–Crippen LogP) is 7.42. The third kappa shape index (κ3) is 8.06. The Balaban J connectivity index is 1.76. The second kappa shape index (κ2) is 13.5. The van der Waals surface area contributed by atoms with Gasteiger partial charge in [0.15, 0.2) is 0 Å². The average Bonchev–Trinajstić information content (AvgIpc) is 2.95. The summed E-state index contributed by atoms with van der Waals surface area (Å²) in [5.41, 5.74) is 3.44. The van der Waals surface area contributed by atoms with Gasteiger partial charge in [0.05, 0.1) is 0 Å². The van der Waals surface area contributed by atoms with E-state index in [0.29, 0.717) is 11.4 Å². The second-order valence-corrected chi connectivity index (χ2v) is 11.5. The summed E-state index contributed by atoms with van der Waals surface area (Å²) in [5.74, 6) is -0.456. The highest BCUT2D eigenvalue weighted by atomic mass is 35.5. The molecule has 1 N–H and O–H groups in total. The van der Waals surface area contributed by atoms with Crippen molar-refractivity contribution >= 4 is 23.4 Å². The van der Waals surface area contributed by atoms with Crippen molar-refractivity contribution in [3.8, 4) is 0 Å². The summed E-state index contributed by atoms with van der Waals surface area (Å²) in [5, 5.41) is 3.69. The van der Waals surface area contributed by atoms with E-state index in [-0.39, 0.29) is 30.7 Å². The number of carbonyl (C=O) groups excluding carboxylic acids is 2. The molecule has 206 valence electrons. The number of hydrogen-bond donors (Lipinski definition) is 1. The van der Waals surface area contributed by atoms with Crippen LogP contribution in [0.3, 0.4) is 0 Å². The average molecular weight is 553 g/mol. The molecule has 0 heterocycles. The van der Waals surface area contributed by atoms with Gasteiger partial charge in [0.25, 0.3) is 0 Å². The first-order valence-corrected chi connectivity index (χ1v) is 14.1. The standard InChI is InChI=1S/C35H37ClN2O2/c1-35(2,3)37-34(40)32(23-26-15-7-4-8-16-26)38(25-29-21-13-14-22-31(29)36)33(39)24-30(27-17-9-5-10-18-27)28-19-11-6-12-20-28/h4-22,30,32H,23-25H2,1-3H3,(H,37,40). The minimum Gasteiger partial charge on any atom is -0.350 e. The summed E-state index contributed by atoms with van der Waals surface area (Å²) in [6.45, 7) is 6.08. The molecule has 0 radical (unpaired) electrons. The van der Waals surface area contributed by atoms with Crippen LogP contribution in [-0.4, -0.2) is 28.3 Å². The monoisotopic (exact) mass is 552 g/mol. The second-order valence-electron chi connectivity index (χ2n) is 11.1. The minimum atomic E-state index is -0.724. The van der Waals surface area contributed by atoms with Crippen molar-refractivity contribution in [2.45, 2.75) is 57.7 Å². The van der Waals surface area contributed by atoms with Crippen molar-refractivity contribution in [2.24, 2.45) is 0 Å². The summed E-state index contributed by atoms with van der Waals surface area (Å²) in [7, 11) is 0. The SMILES string of the molecule is CC(C)(C)NC(=O)C(Cc1ccccc1)N(Cc1ccccc1Cl)C(=O)CC(c1ccccc1)c1ccccc1. The maximum Gasteiger partial charge on any atom is 0.243 e. The van der Waals surface area contributed by atoms with Crippen LogP contribution in [0.4, 0.5) is 0 Å². The molecule has 0 aliphatic heterocycles. The Hall–Kier alpha value is -3.89. The molecule has 2 amide bonds. The summed E-state index contributed by atoms with van der Waals surface area (Å²) < 4.78 is 0. The van der Waals surface area contributed by atoms with Crippen LogP contribution in [0.5, 0.6) is 0 Å². The molecule has 0 fully saturated rings. The topological polar surface area (TPSA) is 49.4 Å². The smallest absolute Gasteiger partial charge is 0.243 e. The Morgan fingerprint density at radius 1 is 0.750 bits per heavy atom. The van der Waals surface area contributed by atoms with Gasteiger partial charge in [0.1, 0.15) is 6.04 Å². The van der Waals surface area contributed by atoms with Crippen LogP contribution in [0.15, 0.2) is 115 Å². The molecule has 0 spiro atoms. The van der Waals surface area contributed by atoms with E-state index in [9.17, 15) is 9.59 Å². The van der Waals surface area contributed by atoms with Gasteiger partial charge in [-0.3, -0.25) is 9.59 Å². The Morgan fingerprint density at radius 2 is 1.25 bits per heavy atom. The molecule has 4 aromatic rings. The third-order valence-electron chi connectivity index (χ3n) is 6.85. The fraction of sp³-hybridized carbons (Fsp3) is 0.257. The molecule has 5 heteroatoms. The number of rotatable bonds is 10. The van der Waals surface area contributed by atoms with E-state index < -0.39 is 11.6 Å². The first-order chi connectivity index (χ1) is 19.2. The summed E-state index contributed by atoms with van der Waals surface area (Å²) >= 11 is 6.58. The Morgan fingerprint density at radius 3 is 1.77 bits per heavy atom. The van der Waals surface area contributed by atoms with Gasteiger partial charge in [0, 0.05) is 35.9 Å². The van der Waals surface area contributed by atoms with Gasteiger partial charge < -0.3 is 10.2 Å². The Bertz CT molecular complexity index is 1350. The molecule has 4 nitrogen and oxygen atoms in total. The number of carbonyl (C=O) groups is 2. The van der Waals surface area contributed by atoms with Crippen LogP contribution >= 0.6 is 11.6 Å². The predicted molar refractivity (Wildman–Crippen MR) is 163 cm³/mol. The van der Waals surface area contributed by atoms with E-state index in [1.54, 1.807) is 4.90 Å². The van der Waals surface area contributed by atoms with Gasteiger partial charge in [-0.05, 0) is 49.1 Å². The Labute approximate surface area is 243 Å². The maximum atomic E-state index is 14.4. The number of halogens is 1. The largest absolute Gasteiger partial charge is 0.350 e. The zero-order chi connectivity index (χ0) is 28.5. The molecule has 0 aliphatic rings. The van der Waals surface area contributed by atoms with Crippen molar-refractivity contribution < 1.29 is 9.59 Å². The van der Waals surface area contributed by atoms with Crippen LogP contribution in [0.2, 0.25) is 5.02 Å². The highest BCUT2D eigenvalue weighted by Gasteiger charge is 2.34. The van der Waals surface area contributed by atoms with Gasteiger partial charge in [0.2, 0.25) is 11.8 Å². The normalized spacial score (nSPS) is 12.1. The molecule has 0 saturated carbocycles. The van der Waals surface area contributed by atoms with Crippen molar-refractivity contribution in [3.63, 3.8) is 0 Å². The van der Waals surface area contributed by atoms with E-state index in [1.165, 1.54) is 0 Å². The van der Waals surface area contributed by atoms with Crippen LogP contribution in [0.1, 0.15) is 55.4 Å². The van der Waals surface area contributed by atoms with E-state index >= 15 is 0 Å². The number of benzene rings is 4. The highest BCUT2D eigenvalue weighted by Crippen LogP contribution is 2.30. The maximum absolute atomic E-state index is 14.4. The molecule has 4 aromatic carbocycles. The van der Waals surface area contributed by atoms with Gasteiger partial charge in [-0.1, -0.05) is 121 Å². The van der Waals surface area contributed by atoms with Crippen molar-refractivity contribution in [1.29, 1.82) is 0 Å². The first kappa shape index (κ1) is 29.1.